The predicted octanol–water partition coefficient (Wildman–Crippen LogP) is 5.16. The van der Waals surface area contributed by atoms with Gasteiger partial charge in [-0.05, 0) is 48.9 Å². The maximum absolute atomic E-state index is 12.1. The number of hydrogen-bond acceptors (Lipinski definition) is 6. The van der Waals surface area contributed by atoms with E-state index in [2.05, 4.69) is 32.9 Å². The van der Waals surface area contributed by atoms with Crippen molar-refractivity contribution in [2.75, 3.05) is 6.61 Å². The number of rotatable bonds is 5. The molecule has 0 amide bonds. The van der Waals surface area contributed by atoms with Gasteiger partial charge in [-0.15, -0.1) is 0 Å². The molecule has 0 saturated heterocycles. The van der Waals surface area contributed by atoms with E-state index in [1.54, 1.807) is 0 Å². The van der Waals surface area contributed by atoms with E-state index in [1.165, 1.54) is 31.9 Å². The molecule has 4 rings (SSSR count). The minimum Gasteiger partial charge on any atom is -0.465 e. The van der Waals surface area contributed by atoms with Crippen molar-refractivity contribution in [3.8, 4) is 0 Å². The minimum atomic E-state index is -0.289. The summed E-state index contributed by atoms with van der Waals surface area (Å²) in [7, 11) is 0. The fourth-order valence-electron chi connectivity index (χ4n) is 8.05. The Morgan fingerprint density at radius 3 is 2.35 bits per heavy atom. The van der Waals surface area contributed by atoms with Crippen molar-refractivity contribution in [1.82, 2.24) is 0 Å². The highest BCUT2D eigenvalue weighted by molar-refractivity contribution is 5.67. The lowest BCUT2D eigenvalue weighted by molar-refractivity contribution is -0.171. The van der Waals surface area contributed by atoms with Crippen LogP contribution in [0.25, 0.3) is 0 Å². The van der Waals surface area contributed by atoms with E-state index in [0.29, 0.717) is 30.8 Å². The Labute approximate surface area is 203 Å². The Hall–Kier alpha value is -2.11. The molecule has 8 atom stereocenters. The van der Waals surface area contributed by atoms with Crippen molar-refractivity contribution in [2.45, 2.75) is 92.3 Å². The number of carbonyl (C=O) groups is 3. The molecule has 0 aliphatic heterocycles. The van der Waals surface area contributed by atoms with Gasteiger partial charge in [-0.25, -0.2) is 0 Å². The van der Waals surface area contributed by atoms with E-state index < -0.39 is 0 Å². The van der Waals surface area contributed by atoms with Gasteiger partial charge in [0, 0.05) is 44.9 Å². The molecule has 4 aliphatic carbocycles. The molecule has 0 heterocycles. The fourth-order valence-corrected chi connectivity index (χ4v) is 8.05. The summed E-state index contributed by atoms with van der Waals surface area (Å²) >= 11 is 0. The van der Waals surface area contributed by atoms with E-state index in [9.17, 15) is 14.4 Å². The molecule has 0 bridgehead atoms. The fraction of sp³-hybridized carbons (Fsp3) is 0.750. The van der Waals surface area contributed by atoms with Crippen LogP contribution in [0.3, 0.4) is 0 Å². The summed E-state index contributed by atoms with van der Waals surface area (Å²) in [6, 6.07) is 0. The first-order chi connectivity index (χ1) is 16.0. The summed E-state index contributed by atoms with van der Waals surface area (Å²) < 4.78 is 16.9. The molecule has 0 N–H and O–H groups in total. The van der Waals surface area contributed by atoms with Gasteiger partial charge in [0.2, 0.25) is 0 Å². The van der Waals surface area contributed by atoms with Gasteiger partial charge in [0.25, 0.3) is 0 Å². The maximum atomic E-state index is 12.1. The van der Waals surface area contributed by atoms with Crippen molar-refractivity contribution >= 4 is 17.9 Å². The summed E-state index contributed by atoms with van der Waals surface area (Å²) in [6.45, 7) is 11.7. The summed E-state index contributed by atoms with van der Waals surface area (Å²) in [5.74, 6) is 0.879. The minimum absolute atomic E-state index is 0.105. The molecule has 188 valence electrons. The van der Waals surface area contributed by atoms with Crippen LogP contribution < -0.4 is 0 Å². The maximum Gasteiger partial charge on any atom is 0.302 e. The molecule has 0 aromatic heterocycles. The average Bonchev–Trinajstić information content (AvgIpc) is 3.09. The van der Waals surface area contributed by atoms with Crippen LogP contribution in [0.1, 0.15) is 80.1 Å². The summed E-state index contributed by atoms with van der Waals surface area (Å²) in [5.41, 5.74) is 2.59. The van der Waals surface area contributed by atoms with Crippen LogP contribution in [0.15, 0.2) is 23.3 Å². The molecular weight excluding hydrogens is 432 g/mol. The third kappa shape index (κ3) is 4.22. The monoisotopic (exact) mass is 472 g/mol. The van der Waals surface area contributed by atoms with Gasteiger partial charge in [-0.2, -0.15) is 0 Å². The summed E-state index contributed by atoms with van der Waals surface area (Å²) in [5, 5.41) is 0. The number of hydrogen-bond donors (Lipinski definition) is 0. The first-order valence-electron chi connectivity index (χ1n) is 12.8. The lowest BCUT2D eigenvalue weighted by Gasteiger charge is -2.59. The normalized spacial score (nSPS) is 39.4. The van der Waals surface area contributed by atoms with E-state index in [-0.39, 0.29) is 46.9 Å². The lowest BCUT2D eigenvalue weighted by Crippen LogP contribution is -2.56. The Morgan fingerprint density at radius 2 is 1.71 bits per heavy atom. The molecule has 2 fully saturated rings. The molecule has 0 radical (unpaired) electrons. The third-order valence-electron chi connectivity index (χ3n) is 9.48. The van der Waals surface area contributed by atoms with E-state index >= 15 is 0 Å². The molecule has 6 heteroatoms. The molecule has 0 aromatic rings. The van der Waals surface area contributed by atoms with E-state index in [0.717, 1.165) is 32.1 Å². The molecule has 2 saturated carbocycles. The summed E-state index contributed by atoms with van der Waals surface area (Å²) in [6.07, 6.45) is 9.72. The zero-order chi connectivity index (χ0) is 24.8. The van der Waals surface area contributed by atoms with Crippen LogP contribution in [-0.4, -0.2) is 36.7 Å². The number of ether oxygens (including phenoxy) is 3. The Morgan fingerprint density at radius 1 is 1.00 bits per heavy atom. The highest BCUT2D eigenvalue weighted by Gasteiger charge is 2.60. The van der Waals surface area contributed by atoms with Crippen molar-refractivity contribution in [1.29, 1.82) is 0 Å². The van der Waals surface area contributed by atoms with Gasteiger partial charge in [0.15, 0.2) is 0 Å². The standard InChI is InChI=1S/C28H40O6/c1-16(15-32-17(2)29)23-9-10-24-22-8-7-20-13-21(33-18(3)30)14-26(34-19(4)31)28(20,6)25(22)11-12-27(23,24)5/h7,9,16,21-22,24-26H,8,10-15H2,1-6H3/t16-,21-,22+,24+,25+,26+,27-,28+/m1/s1. The average molecular weight is 473 g/mol. The molecule has 6 nitrogen and oxygen atoms in total. The number of allylic oxidation sites excluding steroid dienone is 2. The van der Waals surface area contributed by atoms with Gasteiger partial charge in [-0.3, -0.25) is 14.4 Å². The highest BCUT2D eigenvalue weighted by Crippen LogP contribution is 2.66. The first kappa shape index (κ1) is 25.0. The molecular formula is C28H40O6. The van der Waals surface area contributed by atoms with Crippen LogP contribution in [0.4, 0.5) is 0 Å². The van der Waals surface area contributed by atoms with Crippen LogP contribution in [0.5, 0.6) is 0 Å². The predicted molar refractivity (Wildman–Crippen MR) is 127 cm³/mol. The van der Waals surface area contributed by atoms with Gasteiger partial charge < -0.3 is 14.2 Å². The van der Waals surface area contributed by atoms with Crippen molar-refractivity contribution < 1.29 is 28.6 Å². The van der Waals surface area contributed by atoms with Crippen LogP contribution in [0, 0.1) is 34.5 Å². The van der Waals surface area contributed by atoms with Gasteiger partial charge >= 0.3 is 17.9 Å². The molecule has 34 heavy (non-hydrogen) atoms. The second-order valence-corrected chi connectivity index (χ2v) is 11.4. The SMILES string of the molecule is CC(=O)OC[C@@H](C)C1=CC[C@H]2[C@@H]3CC=C4C[C@@H](OC(C)=O)C[C@H](OC(C)=O)[C@]4(C)[C@H]3CC[C@]12C. The Balaban J connectivity index is 1.60. The van der Waals surface area contributed by atoms with Crippen molar-refractivity contribution in [3.63, 3.8) is 0 Å². The molecule has 4 aliphatic rings. The molecule has 0 unspecified atom stereocenters. The van der Waals surface area contributed by atoms with Crippen LogP contribution in [-0.2, 0) is 28.6 Å². The number of esters is 3. The lowest BCUT2D eigenvalue weighted by atomic mass is 9.46. The van der Waals surface area contributed by atoms with Crippen molar-refractivity contribution in [2.24, 2.45) is 34.5 Å². The zero-order valence-electron chi connectivity index (χ0n) is 21.5. The second kappa shape index (κ2) is 9.16. The largest absolute Gasteiger partial charge is 0.465 e. The van der Waals surface area contributed by atoms with Crippen LogP contribution in [0.2, 0.25) is 0 Å². The van der Waals surface area contributed by atoms with E-state index in [4.69, 9.17) is 14.2 Å². The first-order valence-corrected chi connectivity index (χ1v) is 12.8. The molecule has 0 spiro atoms. The zero-order valence-corrected chi connectivity index (χ0v) is 21.5. The second-order valence-electron chi connectivity index (χ2n) is 11.4. The molecule has 0 aromatic carbocycles. The van der Waals surface area contributed by atoms with Crippen molar-refractivity contribution in [3.05, 3.63) is 23.3 Å². The van der Waals surface area contributed by atoms with E-state index in [1.807, 2.05) is 0 Å². The topological polar surface area (TPSA) is 78.9 Å². The Bertz CT molecular complexity index is 918. The van der Waals surface area contributed by atoms with Crippen LogP contribution >= 0.6 is 0 Å². The van der Waals surface area contributed by atoms with Gasteiger partial charge in [0.05, 0.1) is 6.61 Å². The summed E-state index contributed by atoms with van der Waals surface area (Å²) in [4.78, 5) is 35.1. The Kier molecular flexibility index (Phi) is 6.73. The van der Waals surface area contributed by atoms with Gasteiger partial charge in [0.1, 0.15) is 12.2 Å². The smallest absolute Gasteiger partial charge is 0.302 e. The highest BCUT2D eigenvalue weighted by atomic mass is 16.6. The number of fused-ring (bicyclic) bond motifs is 5. The third-order valence-corrected chi connectivity index (χ3v) is 9.48. The van der Waals surface area contributed by atoms with Gasteiger partial charge in [-0.1, -0.05) is 44.1 Å². The quantitative estimate of drug-likeness (QED) is 0.312. The number of carbonyl (C=O) groups excluding carboxylic acids is 3.